The number of hydrogen-bond acceptors (Lipinski definition) is 3. The number of rotatable bonds is 6. The molecule has 0 aliphatic carbocycles. The molecule has 3 N–H and O–H groups in total. The van der Waals surface area contributed by atoms with Gasteiger partial charge in [-0.15, -0.1) is 0 Å². The van der Waals surface area contributed by atoms with E-state index >= 15 is 0 Å². The molecule has 126 valence electrons. The van der Waals surface area contributed by atoms with E-state index in [1.165, 1.54) is 0 Å². The molecule has 6 nitrogen and oxygen atoms in total. The van der Waals surface area contributed by atoms with Crippen LogP contribution >= 0.6 is 0 Å². The summed E-state index contributed by atoms with van der Waals surface area (Å²) in [6, 6.07) is 6.34. The Kier molecular flexibility index (Phi) is 6.30. The summed E-state index contributed by atoms with van der Waals surface area (Å²) in [6.45, 7) is 6.97. The number of anilines is 1. The van der Waals surface area contributed by atoms with Crippen LogP contribution in [0.3, 0.4) is 0 Å². The molecule has 0 saturated carbocycles. The van der Waals surface area contributed by atoms with Crippen LogP contribution in [-0.2, 0) is 20.8 Å². The number of aryl methyl sites for hydroxylation is 1. The van der Waals surface area contributed by atoms with Crippen LogP contribution in [0.5, 0.6) is 0 Å². The lowest BCUT2D eigenvalue weighted by atomic mass is 9.95. The third-order valence-corrected chi connectivity index (χ3v) is 3.27. The maximum atomic E-state index is 12.1. The second-order valence-corrected chi connectivity index (χ2v) is 6.53. The molecule has 1 unspecified atom stereocenters. The molecule has 1 rings (SSSR count). The van der Waals surface area contributed by atoms with Gasteiger partial charge in [0.15, 0.2) is 0 Å². The highest BCUT2D eigenvalue weighted by molar-refractivity contribution is 5.97. The molecule has 1 aromatic carbocycles. The Morgan fingerprint density at radius 1 is 1.13 bits per heavy atom. The molecule has 0 saturated heterocycles. The van der Waals surface area contributed by atoms with Crippen molar-refractivity contribution >= 4 is 23.5 Å². The minimum Gasteiger partial charge on any atom is -0.481 e. The van der Waals surface area contributed by atoms with Gasteiger partial charge in [-0.3, -0.25) is 14.4 Å². The quantitative estimate of drug-likeness (QED) is 0.748. The molecule has 6 heteroatoms. The average Bonchev–Trinajstić information content (AvgIpc) is 2.45. The molecule has 1 atom stereocenters. The van der Waals surface area contributed by atoms with Crippen LogP contribution in [0.4, 0.5) is 5.69 Å². The zero-order valence-corrected chi connectivity index (χ0v) is 14.0. The van der Waals surface area contributed by atoms with Gasteiger partial charge in [0.25, 0.3) is 0 Å². The summed E-state index contributed by atoms with van der Waals surface area (Å²) in [5.41, 5.74) is 0.936. The molecule has 1 aromatic rings. The fourth-order valence-corrected chi connectivity index (χ4v) is 1.74. The highest BCUT2D eigenvalue weighted by atomic mass is 16.4. The first kappa shape index (κ1) is 18.7. The van der Waals surface area contributed by atoms with Crippen molar-refractivity contribution in [2.24, 2.45) is 5.41 Å². The number of carboxylic acids is 1. The Hall–Kier alpha value is -2.37. The van der Waals surface area contributed by atoms with E-state index in [1.54, 1.807) is 52.0 Å². The van der Waals surface area contributed by atoms with Crippen molar-refractivity contribution in [1.82, 2.24) is 5.32 Å². The summed E-state index contributed by atoms with van der Waals surface area (Å²) in [6.07, 6.45) is 0.517. The van der Waals surface area contributed by atoms with Crippen LogP contribution in [0, 0.1) is 5.41 Å². The van der Waals surface area contributed by atoms with Crippen LogP contribution in [0.1, 0.15) is 39.7 Å². The summed E-state index contributed by atoms with van der Waals surface area (Å²) in [5, 5.41) is 14.0. The van der Waals surface area contributed by atoms with Gasteiger partial charge in [-0.2, -0.15) is 0 Å². The van der Waals surface area contributed by atoms with Crippen LogP contribution in [-0.4, -0.2) is 28.9 Å². The highest BCUT2D eigenvalue weighted by Gasteiger charge is 2.25. The molecular weight excluding hydrogens is 296 g/mol. The third-order valence-electron chi connectivity index (χ3n) is 3.27. The highest BCUT2D eigenvalue weighted by Crippen LogP contribution is 2.14. The van der Waals surface area contributed by atoms with Gasteiger partial charge in [0.2, 0.25) is 11.8 Å². The average molecular weight is 320 g/mol. The molecule has 0 fully saturated rings. The zero-order valence-electron chi connectivity index (χ0n) is 14.0. The minimum atomic E-state index is -0.842. The Balaban J connectivity index is 2.56. The molecule has 23 heavy (non-hydrogen) atoms. The normalized spacial score (nSPS) is 12.3. The summed E-state index contributed by atoms with van der Waals surface area (Å²) in [4.78, 5) is 34.5. The van der Waals surface area contributed by atoms with Crippen molar-refractivity contribution in [2.45, 2.75) is 46.6 Å². The van der Waals surface area contributed by atoms with E-state index in [0.29, 0.717) is 12.1 Å². The number of hydrogen-bond donors (Lipinski definition) is 3. The zero-order chi connectivity index (χ0) is 17.6. The van der Waals surface area contributed by atoms with Gasteiger partial charge < -0.3 is 15.7 Å². The smallest absolute Gasteiger partial charge is 0.303 e. The maximum Gasteiger partial charge on any atom is 0.303 e. The summed E-state index contributed by atoms with van der Waals surface area (Å²) in [5.74, 6) is -1.34. The number of benzene rings is 1. The molecule has 0 heterocycles. The third kappa shape index (κ3) is 6.50. The molecule has 0 bridgehead atoms. The fraction of sp³-hybridized carbons (Fsp3) is 0.471. The van der Waals surface area contributed by atoms with Crippen LogP contribution in [0.15, 0.2) is 24.3 Å². The maximum absolute atomic E-state index is 12.1. The Bertz CT molecular complexity index is 573. The van der Waals surface area contributed by atoms with Gasteiger partial charge in [-0.1, -0.05) is 32.9 Å². The van der Waals surface area contributed by atoms with Crippen LogP contribution in [0.25, 0.3) is 0 Å². The van der Waals surface area contributed by atoms with E-state index < -0.39 is 17.4 Å². The van der Waals surface area contributed by atoms with Gasteiger partial charge >= 0.3 is 5.97 Å². The van der Waals surface area contributed by atoms with Gasteiger partial charge in [0, 0.05) is 17.5 Å². The van der Waals surface area contributed by atoms with E-state index in [9.17, 15) is 14.4 Å². The number of carbonyl (C=O) groups is 3. The fourth-order valence-electron chi connectivity index (χ4n) is 1.74. The molecule has 0 aliphatic rings. The lowest BCUT2D eigenvalue weighted by Crippen LogP contribution is -2.46. The Morgan fingerprint density at radius 3 is 2.17 bits per heavy atom. The van der Waals surface area contributed by atoms with E-state index in [2.05, 4.69) is 10.6 Å². The van der Waals surface area contributed by atoms with Gasteiger partial charge in [0.05, 0.1) is 0 Å². The van der Waals surface area contributed by atoms with E-state index in [4.69, 9.17) is 5.11 Å². The first-order chi connectivity index (χ1) is 10.6. The minimum absolute atomic E-state index is 0.0710. The first-order valence-corrected chi connectivity index (χ1v) is 7.52. The van der Waals surface area contributed by atoms with Crippen molar-refractivity contribution in [1.29, 1.82) is 0 Å². The SMILES string of the molecule is CC(NC(=O)C(C)(C)C)C(=O)Nc1ccc(CCC(=O)O)cc1. The first-order valence-electron chi connectivity index (χ1n) is 7.52. The molecule has 0 aromatic heterocycles. The topological polar surface area (TPSA) is 95.5 Å². The van der Waals surface area contributed by atoms with Gasteiger partial charge in [-0.25, -0.2) is 0 Å². The number of carboxylic acid groups (broad SMARTS) is 1. The lowest BCUT2D eigenvalue weighted by Gasteiger charge is -2.21. The van der Waals surface area contributed by atoms with E-state index in [0.717, 1.165) is 5.56 Å². The monoisotopic (exact) mass is 320 g/mol. The van der Waals surface area contributed by atoms with Crippen LogP contribution < -0.4 is 10.6 Å². The Labute approximate surface area is 136 Å². The number of amides is 2. The second-order valence-electron chi connectivity index (χ2n) is 6.53. The Morgan fingerprint density at radius 2 is 1.70 bits per heavy atom. The number of nitrogens with one attached hydrogen (secondary N) is 2. The predicted molar refractivity (Wildman–Crippen MR) is 88.1 cm³/mol. The van der Waals surface area contributed by atoms with Crippen molar-refractivity contribution in [3.05, 3.63) is 29.8 Å². The van der Waals surface area contributed by atoms with Gasteiger partial charge in [-0.05, 0) is 31.0 Å². The van der Waals surface area contributed by atoms with E-state index in [1.807, 2.05) is 0 Å². The standard InChI is InChI=1S/C17H24N2O4/c1-11(18-16(23)17(2,3)4)15(22)19-13-8-5-12(6-9-13)7-10-14(20)21/h5-6,8-9,11H,7,10H2,1-4H3,(H,18,23)(H,19,22)(H,20,21). The van der Waals surface area contributed by atoms with Crippen molar-refractivity contribution in [2.75, 3.05) is 5.32 Å². The molecule has 0 aliphatic heterocycles. The van der Waals surface area contributed by atoms with E-state index in [-0.39, 0.29) is 18.2 Å². The van der Waals surface area contributed by atoms with Crippen molar-refractivity contribution in [3.63, 3.8) is 0 Å². The largest absolute Gasteiger partial charge is 0.481 e. The van der Waals surface area contributed by atoms with Gasteiger partial charge in [0.1, 0.15) is 6.04 Å². The van der Waals surface area contributed by atoms with Crippen LogP contribution in [0.2, 0.25) is 0 Å². The van der Waals surface area contributed by atoms with Crippen molar-refractivity contribution < 1.29 is 19.5 Å². The predicted octanol–water partition coefficient (Wildman–Crippen LogP) is 2.19. The number of carbonyl (C=O) groups excluding carboxylic acids is 2. The summed E-state index contributed by atoms with van der Waals surface area (Å²) >= 11 is 0. The summed E-state index contributed by atoms with van der Waals surface area (Å²) in [7, 11) is 0. The molecule has 0 radical (unpaired) electrons. The number of aliphatic carboxylic acids is 1. The molecule has 0 spiro atoms. The molecular formula is C17H24N2O4. The van der Waals surface area contributed by atoms with Crippen molar-refractivity contribution in [3.8, 4) is 0 Å². The second kappa shape index (κ2) is 7.76. The lowest BCUT2D eigenvalue weighted by molar-refractivity contribution is -0.137. The summed E-state index contributed by atoms with van der Waals surface area (Å²) < 4.78 is 0. The molecule has 2 amide bonds.